The largest absolute Gasteiger partial charge is 0.496 e. The average molecular weight is 260 g/mol. The van der Waals surface area contributed by atoms with Crippen molar-refractivity contribution in [3.8, 4) is 11.5 Å². The van der Waals surface area contributed by atoms with Crippen molar-refractivity contribution >= 4 is 22.1 Å². The SMILES string of the molecule is COc1cc(OC)c(/C=N/O)cc1Br. The van der Waals surface area contributed by atoms with Gasteiger partial charge in [-0.25, -0.2) is 0 Å². The summed E-state index contributed by atoms with van der Waals surface area (Å²) in [7, 11) is 3.11. The summed E-state index contributed by atoms with van der Waals surface area (Å²) in [5.74, 6) is 1.25. The third kappa shape index (κ3) is 2.17. The molecule has 0 saturated heterocycles. The molecule has 5 heteroatoms. The molecule has 1 N–H and O–H groups in total. The maximum atomic E-state index is 8.42. The second-order valence-electron chi connectivity index (χ2n) is 2.47. The van der Waals surface area contributed by atoms with Crippen molar-refractivity contribution in [1.82, 2.24) is 0 Å². The number of nitrogens with zero attached hydrogens (tertiary/aromatic N) is 1. The molecular formula is C9H10BrNO3. The third-order valence-corrected chi connectivity index (χ3v) is 2.32. The third-order valence-electron chi connectivity index (χ3n) is 1.70. The van der Waals surface area contributed by atoms with Crippen LogP contribution in [0.1, 0.15) is 5.56 Å². The van der Waals surface area contributed by atoms with Gasteiger partial charge in [-0.1, -0.05) is 5.16 Å². The molecule has 0 fully saturated rings. The lowest BCUT2D eigenvalue weighted by atomic mass is 10.2. The molecule has 0 aromatic heterocycles. The van der Waals surface area contributed by atoms with Crippen LogP contribution in [0.4, 0.5) is 0 Å². The first-order valence-corrected chi connectivity index (χ1v) is 4.61. The smallest absolute Gasteiger partial charge is 0.136 e. The van der Waals surface area contributed by atoms with Crippen LogP contribution < -0.4 is 9.47 Å². The van der Waals surface area contributed by atoms with Crippen LogP contribution in [0.5, 0.6) is 11.5 Å². The molecule has 1 aromatic rings. The molecule has 0 radical (unpaired) electrons. The second-order valence-corrected chi connectivity index (χ2v) is 3.33. The molecule has 0 aliphatic heterocycles. The van der Waals surface area contributed by atoms with Crippen LogP contribution in [0.15, 0.2) is 21.8 Å². The highest BCUT2D eigenvalue weighted by Crippen LogP contribution is 2.31. The van der Waals surface area contributed by atoms with E-state index in [9.17, 15) is 0 Å². The van der Waals surface area contributed by atoms with Crippen molar-refractivity contribution in [2.75, 3.05) is 14.2 Å². The fourth-order valence-corrected chi connectivity index (χ4v) is 1.57. The molecule has 0 saturated carbocycles. The van der Waals surface area contributed by atoms with E-state index in [1.165, 1.54) is 13.3 Å². The van der Waals surface area contributed by atoms with E-state index in [1.807, 2.05) is 0 Å². The lowest BCUT2D eigenvalue weighted by Crippen LogP contribution is -1.93. The van der Waals surface area contributed by atoms with E-state index < -0.39 is 0 Å². The van der Waals surface area contributed by atoms with Gasteiger partial charge < -0.3 is 14.7 Å². The van der Waals surface area contributed by atoms with Gasteiger partial charge in [0.05, 0.1) is 24.9 Å². The average Bonchev–Trinajstić information content (AvgIpc) is 2.19. The number of oxime groups is 1. The topological polar surface area (TPSA) is 51.0 Å². The molecule has 4 nitrogen and oxygen atoms in total. The van der Waals surface area contributed by atoms with Gasteiger partial charge in [0, 0.05) is 11.6 Å². The molecule has 0 amide bonds. The summed E-state index contributed by atoms with van der Waals surface area (Å²) in [5, 5.41) is 11.4. The van der Waals surface area contributed by atoms with E-state index in [0.29, 0.717) is 17.1 Å². The fourth-order valence-electron chi connectivity index (χ4n) is 1.05. The van der Waals surface area contributed by atoms with E-state index >= 15 is 0 Å². The van der Waals surface area contributed by atoms with Gasteiger partial charge in [0.1, 0.15) is 11.5 Å². The van der Waals surface area contributed by atoms with Crippen molar-refractivity contribution in [2.45, 2.75) is 0 Å². The van der Waals surface area contributed by atoms with Crippen molar-refractivity contribution < 1.29 is 14.7 Å². The summed E-state index contributed by atoms with van der Waals surface area (Å²) in [6.45, 7) is 0. The number of hydrogen-bond donors (Lipinski definition) is 1. The van der Waals surface area contributed by atoms with Crippen LogP contribution in [0.3, 0.4) is 0 Å². The Kier molecular flexibility index (Phi) is 3.76. The molecule has 14 heavy (non-hydrogen) atoms. The molecule has 0 bridgehead atoms. The normalized spacial score (nSPS) is 10.5. The van der Waals surface area contributed by atoms with E-state index in [4.69, 9.17) is 14.7 Å². The van der Waals surface area contributed by atoms with Crippen molar-refractivity contribution in [1.29, 1.82) is 0 Å². The molecule has 0 aliphatic carbocycles. The Labute approximate surface area is 90.3 Å². The Bertz CT molecular complexity index is 352. The number of methoxy groups -OCH3 is 2. The summed E-state index contributed by atoms with van der Waals surface area (Å²) < 4.78 is 11.0. The van der Waals surface area contributed by atoms with E-state index in [1.54, 1.807) is 19.2 Å². The van der Waals surface area contributed by atoms with Crippen LogP contribution in [0, 0.1) is 0 Å². The first kappa shape index (κ1) is 10.8. The molecule has 0 unspecified atom stereocenters. The molecule has 0 atom stereocenters. The zero-order chi connectivity index (χ0) is 10.6. The predicted molar refractivity (Wildman–Crippen MR) is 56.6 cm³/mol. The fraction of sp³-hybridized carbons (Fsp3) is 0.222. The second kappa shape index (κ2) is 4.85. The number of halogens is 1. The molecule has 0 heterocycles. The Balaban J connectivity index is 3.24. The highest BCUT2D eigenvalue weighted by molar-refractivity contribution is 9.10. The number of hydrogen-bond acceptors (Lipinski definition) is 4. The molecule has 0 aliphatic rings. The number of ether oxygens (including phenoxy) is 2. The van der Waals surface area contributed by atoms with Gasteiger partial charge in [-0.05, 0) is 22.0 Å². The summed E-state index contributed by atoms with van der Waals surface area (Å²) in [6.07, 6.45) is 1.29. The minimum Gasteiger partial charge on any atom is -0.496 e. The minimum atomic E-state index is 0.586. The van der Waals surface area contributed by atoms with E-state index in [-0.39, 0.29) is 0 Å². The molecule has 76 valence electrons. The highest BCUT2D eigenvalue weighted by Gasteiger charge is 2.07. The first-order valence-electron chi connectivity index (χ1n) is 3.82. The maximum Gasteiger partial charge on any atom is 0.136 e. The Morgan fingerprint density at radius 1 is 1.29 bits per heavy atom. The van der Waals surface area contributed by atoms with Crippen LogP contribution in [0.2, 0.25) is 0 Å². The number of rotatable bonds is 3. The first-order chi connectivity index (χ1) is 6.72. The minimum absolute atomic E-state index is 0.586. The number of benzene rings is 1. The van der Waals surface area contributed by atoms with E-state index in [0.717, 1.165) is 4.47 Å². The van der Waals surface area contributed by atoms with Gasteiger partial charge in [-0.3, -0.25) is 0 Å². The molecule has 0 spiro atoms. The van der Waals surface area contributed by atoms with Crippen molar-refractivity contribution in [2.24, 2.45) is 5.16 Å². The maximum absolute atomic E-state index is 8.42. The molecule has 1 rings (SSSR count). The van der Waals surface area contributed by atoms with Gasteiger partial charge in [0.2, 0.25) is 0 Å². The van der Waals surface area contributed by atoms with Gasteiger partial charge in [0.15, 0.2) is 0 Å². The summed E-state index contributed by atoms with van der Waals surface area (Å²) >= 11 is 3.32. The van der Waals surface area contributed by atoms with Gasteiger partial charge >= 0.3 is 0 Å². The van der Waals surface area contributed by atoms with Gasteiger partial charge in [-0.2, -0.15) is 0 Å². The standard InChI is InChI=1S/C9H10BrNO3/c1-13-8-4-9(14-2)7(10)3-6(8)5-11-12/h3-5,12H,1-2H3/b11-5+. The highest BCUT2D eigenvalue weighted by atomic mass is 79.9. The summed E-state index contributed by atoms with van der Waals surface area (Å²) in [4.78, 5) is 0. The van der Waals surface area contributed by atoms with Crippen LogP contribution >= 0.6 is 15.9 Å². The van der Waals surface area contributed by atoms with Crippen molar-refractivity contribution in [3.63, 3.8) is 0 Å². The lowest BCUT2D eigenvalue weighted by molar-refractivity contribution is 0.321. The molecular weight excluding hydrogens is 250 g/mol. The van der Waals surface area contributed by atoms with Gasteiger partial charge in [-0.15, -0.1) is 0 Å². The van der Waals surface area contributed by atoms with Crippen molar-refractivity contribution in [3.05, 3.63) is 22.2 Å². The summed E-state index contributed by atoms with van der Waals surface area (Å²) in [5.41, 5.74) is 0.669. The van der Waals surface area contributed by atoms with Crippen LogP contribution in [0.25, 0.3) is 0 Å². The van der Waals surface area contributed by atoms with E-state index in [2.05, 4.69) is 21.1 Å². The molecule has 1 aromatic carbocycles. The Morgan fingerprint density at radius 3 is 2.43 bits per heavy atom. The zero-order valence-corrected chi connectivity index (χ0v) is 9.41. The monoisotopic (exact) mass is 259 g/mol. The van der Waals surface area contributed by atoms with Crippen LogP contribution in [-0.4, -0.2) is 25.6 Å². The van der Waals surface area contributed by atoms with Crippen LogP contribution in [-0.2, 0) is 0 Å². The summed E-state index contributed by atoms with van der Waals surface area (Å²) in [6, 6.07) is 3.46. The Morgan fingerprint density at radius 2 is 1.93 bits per heavy atom. The predicted octanol–water partition coefficient (Wildman–Crippen LogP) is 2.27. The lowest BCUT2D eigenvalue weighted by Gasteiger charge is -2.08. The zero-order valence-electron chi connectivity index (χ0n) is 7.82. The van der Waals surface area contributed by atoms with Gasteiger partial charge in [0.25, 0.3) is 0 Å². The quantitative estimate of drug-likeness (QED) is 0.515. The Hall–Kier alpha value is -1.23.